The second kappa shape index (κ2) is 4.83. The number of hydrogen-bond acceptors (Lipinski definition) is 2. The third-order valence-corrected chi connectivity index (χ3v) is 3.02. The molecule has 18 heavy (non-hydrogen) atoms. The first-order chi connectivity index (χ1) is 8.25. The number of benzene rings is 2. The van der Waals surface area contributed by atoms with Crippen LogP contribution in [-0.2, 0) is 0 Å². The van der Waals surface area contributed by atoms with Crippen LogP contribution in [0.15, 0.2) is 48.5 Å². The van der Waals surface area contributed by atoms with E-state index >= 15 is 0 Å². The molecule has 0 unspecified atom stereocenters. The summed E-state index contributed by atoms with van der Waals surface area (Å²) in [7, 11) is 4.12. The number of aromatic nitrogens is 1. The van der Waals surface area contributed by atoms with Crippen LogP contribution in [0.5, 0.6) is 0 Å². The number of fused-ring (bicyclic) bond motifs is 2. The molecule has 2 aromatic carbocycles. The minimum Gasteiger partial charge on any atom is -0.377 e. The van der Waals surface area contributed by atoms with Crippen molar-refractivity contribution in [3.8, 4) is 0 Å². The van der Waals surface area contributed by atoms with Gasteiger partial charge in [-0.15, -0.1) is 12.4 Å². The van der Waals surface area contributed by atoms with Crippen LogP contribution >= 0.6 is 12.4 Å². The maximum Gasteiger partial charge on any atom is 0.0730 e. The molecule has 2 nitrogen and oxygen atoms in total. The zero-order valence-corrected chi connectivity index (χ0v) is 11.2. The van der Waals surface area contributed by atoms with E-state index in [-0.39, 0.29) is 12.4 Å². The van der Waals surface area contributed by atoms with E-state index in [1.165, 1.54) is 16.5 Å². The van der Waals surface area contributed by atoms with Crippen molar-refractivity contribution in [2.24, 2.45) is 0 Å². The van der Waals surface area contributed by atoms with Crippen LogP contribution in [0, 0.1) is 0 Å². The van der Waals surface area contributed by atoms with Gasteiger partial charge in [0.2, 0.25) is 0 Å². The Morgan fingerprint density at radius 3 is 2.39 bits per heavy atom. The van der Waals surface area contributed by atoms with Crippen molar-refractivity contribution in [1.82, 2.24) is 4.98 Å². The highest BCUT2D eigenvalue weighted by Crippen LogP contribution is 2.27. The van der Waals surface area contributed by atoms with E-state index in [2.05, 4.69) is 55.4 Å². The van der Waals surface area contributed by atoms with Crippen LogP contribution in [0.3, 0.4) is 0 Å². The quantitative estimate of drug-likeness (QED) is 0.616. The molecule has 0 amide bonds. The molecule has 0 saturated heterocycles. The van der Waals surface area contributed by atoms with E-state index in [1.54, 1.807) is 0 Å². The lowest BCUT2D eigenvalue weighted by molar-refractivity contribution is 1.14. The predicted octanol–water partition coefficient (Wildman–Crippen LogP) is 3.88. The largest absolute Gasteiger partial charge is 0.377 e. The highest BCUT2D eigenvalue weighted by Gasteiger charge is 2.05. The first-order valence-electron chi connectivity index (χ1n) is 5.71. The maximum absolute atomic E-state index is 4.69. The lowest BCUT2D eigenvalue weighted by Crippen LogP contribution is -2.09. The lowest BCUT2D eigenvalue weighted by Gasteiger charge is -2.15. The Labute approximate surface area is 113 Å². The van der Waals surface area contributed by atoms with E-state index in [4.69, 9.17) is 4.98 Å². The third kappa shape index (κ3) is 2.00. The van der Waals surface area contributed by atoms with Crippen LogP contribution in [0.1, 0.15) is 0 Å². The molecule has 0 radical (unpaired) electrons. The molecule has 3 heteroatoms. The highest BCUT2D eigenvalue weighted by atomic mass is 35.5. The molecular weight excluding hydrogens is 244 g/mol. The van der Waals surface area contributed by atoms with Crippen LogP contribution in [-0.4, -0.2) is 19.1 Å². The van der Waals surface area contributed by atoms with E-state index in [0.29, 0.717) is 0 Å². The second-order valence-corrected chi connectivity index (χ2v) is 4.42. The van der Waals surface area contributed by atoms with Crippen LogP contribution in [0.2, 0.25) is 0 Å². The topological polar surface area (TPSA) is 16.1 Å². The molecule has 0 saturated carbocycles. The number of pyridine rings is 1. The first kappa shape index (κ1) is 12.7. The van der Waals surface area contributed by atoms with Gasteiger partial charge in [0.25, 0.3) is 0 Å². The minimum atomic E-state index is 0. The summed E-state index contributed by atoms with van der Waals surface area (Å²) in [6.45, 7) is 0. The standard InChI is InChI=1S/C15H14N2.ClH/c1-17(2)15-9-5-8-14-12(15)10-11-6-3-4-7-13(11)16-14;/h3-10H,1-2H3;1H. The van der Waals surface area contributed by atoms with Crippen molar-refractivity contribution in [1.29, 1.82) is 0 Å². The summed E-state index contributed by atoms with van der Waals surface area (Å²) in [5.41, 5.74) is 3.31. The summed E-state index contributed by atoms with van der Waals surface area (Å²) in [5.74, 6) is 0. The van der Waals surface area contributed by atoms with Gasteiger partial charge in [0.15, 0.2) is 0 Å². The van der Waals surface area contributed by atoms with Gasteiger partial charge >= 0.3 is 0 Å². The van der Waals surface area contributed by atoms with Crippen molar-refractivity contribution in [2.45, 2.75) is 0 Å². The predicted molar refractivity (Wildman–Crippen MR) is 80.8 cm³/mol. The minimum absolute atomic E-state index is 0. The Morgan fingerprint density at radius 2 is 1.61 bits per heavy atom. The number of para-hydroxylation sites is 1. The molecule has 0 bridgehead atoms. The van der Waals surface area contributed by atoms with Gasteiger partial charge in [-0.05, 0) is 24.3 Å². The lowest BCUT2D eigenvalue weighted by atomic mass is 10.1. The molecule has 1 aromatic heterocycles. The highest BCUT2D eigenvalue weighted by molar-refractivity contribution is 5.99. The Morgan fingerprint density at radius 1 is 0.889 bits per heavy atom. The molecule has 0 aliphatic carbocycles. The molecule has 3 rings (SSSR count). The fourth-order valence-corrected chi connectivity index (χ4v) is 2.17. The molecule has 0 fully saturated rings. The van der Waals surface area contributed by atoms with Gasteiger partial charge in [0, 0.05) is 30.6 Å². The van der Waals surface area contributed by atoms with Crippen LogP contribution in [0.4, 0.5) is 5.69 Å². The molecule has 0 atom stereocenters. The van der Waals surface area contributed by atoms with Gasteiger partial charge < -0.3 is 4.90 Å². The molecule has 1 heterocycles. The van der Waals surface area contributed by atoms with E-state index in [0.717, 1.165) is 11.0 Å². The molecule has 0 spiro atoms. The summed E-state index contributed by atoms with van der Waals surface area (Å²) >= 11 is 0. The van der Waals surface area contributed by atoms with E-state index in [9.17, 15) is 0 Å². The molecule has 3 aromatic rings. The molecule has 0 N–H and O–H groups in total. The zero-order valence-electron chi connectivity index (χ0n) is 10.4. The fourth-order valence-electron chi connectivity index (χ4n) is 2.17. The second-order valence-electron chi connectivity index (χ2n) is 4.42. The molecule has 0 aliphatic rings. The number of nitrogens with zero attached hydrogens (tertiary/aromatic N) is 2. The number of halogens is 1. The van der Waals surface area contributed by atoms with Gasteiger partial charge in [-0.3, -0.25) is 0 Å². The van der Waals surface area contributed by atoms with E-state index in [1.807, 2.05) is 12.1 Å². The number of anilines is 1. The van der Waals surface area contributed by atoms with Crippen molar-refractivity contribution in [2.75, 3.05) is 19.0 Å². The van der Waals surface area contributed by atoms with Crippen LogP contribution in [0.25, 0.3) is 21.8 Å². The summed E-state index contributed by atoms with van der Waals surface area (Å²) < 4.78 is 0. The van der Waals surface area contributed by atoms with Crippen molar-refractivity contribution in [3.05, 3.63) is 48.5 Å². The third-order valence-electron chi connectivity index (χ3n) is 3.02. The van der Waals surface area contributed by atoms with Crippen molar-refractivity contribution >= 4 is 39.9 Å². The Balaban J connectivity index is 0.00000120. The first-order valence-corrected chi connectivity index (χ1v) is 5.71. The smallest absolute Gasteiger partial charge is 0.0730 e. The fraction of sp³-hybridized carbons (Fsp3) is 0.133. The maximum atomic E-state index is 4.69. The average Bonchev–Trinajstić information content (AvgIpc) is 2.35. The van der Waals surface area contributed by atoms with Crippen molar-refractivity contribution in [3.63, 3.8) is 0 Å². The summed E-state index contributed by atoms with van der Waals surface area (Å²) in [5, 5.41) is 2.39. The van der Waals surface area contributed by atoms with Crippen molar-refractivity contribution < 1.29 is 0 Å². The normalized spacial score (nSPS) is 10.3. The molecular formula is C15H15ClN2. The van der Waals surface area contributed by atoms with Gasteiger partial charge in [-0.25, -0.2) is 4.98 Å². The number of rotatable bonds is 1. The Hall–Kier alpha value is -1.80. The number of hydrogen-bond donors (Lipinski definition) is 0. The summed E-state index contributed by atoms with van der Waals surface area (Å²) in [4.78, 5) is 6.82. The van der Waals surface area contributed by atoms with Gasteiger partial charge in [0.1, 0.15) is 0 Å². The molecule has 0 aliphatic heterocycles. The zero-order chi connectivity index (χ0) is 11.8. The summed E-state index contributed by atoms with van der Waals surface area (Å²) in [6, 6.07) is 16.7. The molecule has 92 valence electrons. The van der Waals surface area contributed by atoms with Crippen LogP contribution < -0.4 is 4.90 Å². The SMILES string of the molecule is CN(C)c1cccc2nc3ccccc3cc12.Cl. The summed E-state index contributed by atoms with van der Waals surface area (Å²) in [6.07, 6.45) is 0. The monoisotopic (exact) mass is 258 g/mol. The average molecular weight is 259 g/mol. The van der Waals surface area contributed by atoms with E-state index < -0.39 is 0 Å². The van der Waals surface area contributed by atoms with Gasteiger partial charge in [-0.1, -0.05) is 24.3 Å². The Bertz CT molecular complexity index is 692. The Kier molecular flexibility index (Phi) is 3.39. The van der Waals surface area contributed by atoms with Gasteiger partial charge in [-0.2, -0.15) is 0 Å². The van der Waals surface area contributed by atoms with Gasteiger partial charge in [0.05, 0.1) is 11.0 Å².